The van der Waals surface area contributed by atoms with Gasteiger partial charge in [0.2, 0.25) is 0 Å². The van der Waals surface area contributed by atoms with Gasteiger partial charge in [-0.25, -0.2) is 0 Å². The quantitative estimate of drug-likeness (QED) is 0.594. The molecule has 1 unspecified atom stereocenters. The smallest absolute Gasteiger partial charge is 0.0431 e. The number of rotatable bonds is 6. The van der Waals surface area contributed by atoms with Gasteiger partial charge in [0.25, 0.3) is 0 Å². The number of aliphatic hydroxyl groups is 1. The van der Waals surface area contributed by atoms with E-state index < -0.39 is 0 Å². The molecule has 0 radical (unpaired) electrons. The minimum Gasteiger partial charge on any atom is -0.396 e. The van der Waals surface area contributed by atoms with E-state index >= 15 is 0 Å². The molecule has 0 aromatic rings. The summed E-state index contributed by atoms with van der Waals surface area (Å²) < 4.78 is 0. The van der Waals surface area contributed by atoms with Crippen LogP contribution in [0, 0.1) is 5.92 Å². The zero-order valence-corrected chi connectivity index (χ0v) is 7.89. The highest BCUT2D eigenvalue weighted by molar-refractivity contribution is 4.70. The van der Waals surface area contributed by atoms with Gasteiger partial charge in [-0.3, -0.25) is 0 Å². The average molecular weight is 171 g/mol. The summed E-state index contributed by atoms with van der Waals surface area (Å²) in [5.41, 5.74) is 0. The third-order valence-corrected chi connectivity index (χ3v) is 2.68. The molecule has 1 aliphatic heterocycles. The Morgan fingerprint density at radius 2 is 2.00 bits per heavy atom. The summed E-state index contributed by atoms with van der Waals surface area (Å²) in [7, 11) is 0. The molecule has 0 saturated carbocycles. The van der Waals surface area contributed by atoms with E-state index in [1.165, 1.54) is 45.2 Å². The van der Waals surface area contributed by atoms with Crippen molar-refractivity contribution in [2.24, 2.45) is 5.92 Å². The molecule has 72 valence electrons. The molecule has 0 aromatic carbocycles. The van der Waals surface area contributed by atoms with Crippen molar-refractivity contribution in [1.82, 2.24) is 5.32 Å². The van der Waals surface area contributed by atoms with Gasteiger partial charge in [0.05, 0.1) is 0 Å². The highest BCUT2D eigenvalue weighted by Gasteiger charge is 2.12. The van der Waals surface area contributed by atoms with Gasteiger partial charge in [-0.2, -0.15) is 0 Å². The largest absolute Gasteiger partial charge is 0.396 e. The molecule has 0 spiro atoms. The summed E-state index contributed by atoms with van der Waals surface area (Å²) in [5.74, 6) is 0.944. The summed E-state index contributed by atoms with van der Waals surface area (Å²) in [5, 5.41) is 12.0. The van der Waals surface area contributed by atoms with E-state index in [1.807, 2.05) is 0 Å². The van der Waals surface area contributed by atoms with Crippen LogP contribution in [0.4, 0.5) is 0 Å². The third-order valence-electron chi connectivity index (χ3n) is 2.68. The van der Waals surface area contributed by atoms with Crippen LogP contribution in [-0.2, 0) is 0 Å². The van der Waals surface area contributed by atoms with Gasteiger partial charge in [-0.05, 0) is 38.3 Å². The second-order valence-corrected chi connectivity index (χ2v) is 3.79. The van der Waals surface area contributed by atoms with Crippen LogP contribution in [0.1, 0.15) is 38.5 Å². The SMILES string of the molecule is OCCCCCCC1CCNC1. The lowest BCUT2D eigenvalue weighted by atomic mass is 10.0. The number of unbranched alkanes of at least 4 members (excludes halogenated alkanes) is 3. The summed E-state index contributed by atoms with van der Waals surface area (Å²) >= 11 is 0. The molecule has 1 aliphatic rings. The molecule has 0 aliphatic carbocycles. The molecule has 2 N–H and O–H groups in total. The highest BCUT2D eigenvalue weighted by Crippen LogP contribution is 2.16. The Kier molecular flexibility index (Phi) is 5.37. The van der Waals surface area contributed by atoms with Gasteiger partial charge in [0.15, 0.2) is 0 Å². The number of hydrogen-bond acceptors (Lipinski definition) is 2. The Labute approximate surface area is 75.4 Å². The van der Waals surface area contributed by atoms with Crippen molar-refractivity contribution in [1.29, 1.82) is 0 Å². The fraction of sp³-hybridized carbons (Fsp3) is 1.00. The maximum Gasteiger partial charge on any atom is 0.0431 e. The maximum absolute atomic E-state index is 8.57. The maximum atomic E-state index is 8.57. The van der Waals surface area contributed by atoms with Crippen molar-refractivity contribution in [2.75, 3.05) is 19.7 Å². The standard InChI is InChI=1S/C10H21NO/c12-8-4-2-1-3-5-10-6-7-11-9-10/h10-12H,1-9H2. The van der Waals surface area contributed by atoms with E-state index in [4.69, 9.17) is 5.11 Å². The molecule has 12 heavy (non-hydrogen) atoms. The first-order chi connectivity index (χ1) is 5.93. The molecule has 0 amide bonds. The molecule has 1 atom stereocenters. The molecule has 2 heteroatoms. The van der Waals surface area contributed by atoms with Crippen LogP contribution in [-0.4, -0.2) is 24.8 Å². The van der Waals surface area contributed by atoms with Crippen molar-refractivity contribution >= 4 is 0 Å². The first-order valence-electron chi connectivity index (χ1n) is 5.25. The molecule has 2 nitrogen and oxygen atoms in total. The molecule has 1 heterocycles. The molecule has 1 saturated heterocycles. The second kappa shape index (κ2) is 6.44. The Morgan fingerprint density at radius 1 is 1.17 bits per heavy atom. The molecule has 1 fully saturated rings. The molecule has 0 bridgehead atoms. The molecular formula is C10H21NO. The zero-order valence-electron chi connectivity index (χ0n) is 7.89. The summed E-state index contributed by atoms with van der Waals surface area (Å²) in [6.45, 7) is 2.83. The van der Waals surface area contributed by atoms with Crippen LogP contribution in [0.5, 0.6) is 0 Å². The van der Waals surface area contributed by atoms with E-state index in [0.29, 0.717) is 6.61 Å². The lowest BCUT2D eigenvalue weighted by Crippen LogP contribution is -2.08. The van der Waals surface area contributed by atoms with E-state index in [9.17, 15) is 0 Å². The van der Waals surface area contributed by atoms with Crippen molar-refractivity contribution in [3.63, 3.8) is 0 Å². The van der Waals surface area contributed by atoms with Crippen molar-refractivity contribution < 1.29 is 5.11 Å². The van der Waals surface area contributed by atoms with Crippen LogP contribution < -0.4 is 5.32 Å². The fourth-order valence-electron chi connectivity index (χ4n) is 1.86. The molecule has 0 aromatic heterocycles. The summed E-state index contributed by atoms with van der Waals surface area (Å²) in [6.07, 6.45) is 7.61. The van der Waals surface area contributed by atoms with E-state index in [1.54, 1.807) is 0 Å². The van der Waals surface area contributed by atoms with Gasteiger partial charge in [-0.1, -0.05) is 19.3 Å². The number of hydrogen-bond donors (Lipinski definition) is 2. The van der Waals surface area contributed by atoms with Gasteiger partial charge in [-0.15, -0.1) is 0 Å². The first-order valence-corrected chi connectivity index (χ1v) is 5.25. The average Bonchev–Trinajstić information content (AvgIpc) is 2.57. The summed E-state index contributed by atoms with van der Waals surface area (Å²) in [6, 6.07) is 0. The van der Waals surface area contributed by atoms with E-state index in [2.05, 4.69) is 5.32 Å². The van der Waals surface area contributed by atoms with Crippen LogP contribution in [0.2, 0.25) is 0 Å². The Morgan fingerprint density at radius 3 is 2.67 bits per heavy atom. The zero-order chi connectivity index (χ0) is 8.65. The fourth-order valence-corrected chi connectivity index (χ4v) is 1.86. The Hall–Kier alpha value is -0.0800. The first kappa shape index (κ1) is 10.0. The van der Waals surface area contributed by atoms with Crippen LogP contribution in [0.15, 0.2) is 0 Å². The third kappa shape index (κ3) is 4.07. The minimum atomic E-state index is 0.366. The number of nitrogens with one attached hydrogen (secondary N) is 1. The topological polar surface area (TPSA) is 32.3 Å². The lowest BCUT2D eigenvalue weighted by molar-refractivity contribution is 0.281. The molecular weight excluding hydrogens is 150 g/mol. The lowest BCUT2D eigenvalue weighted by Gasteiger charge is -2.06. The van der Waals surface area contributed by atoms with E-state index in [0.717, 1.165) is 12.3 Å². The Bertz CT molecular complexity index is 100. The molecule has 1 rings (SSSR count). The monoisotopic (exact) mass is 171 g/mol. The van der Waals surface area contributed by atoms with Crippen molar-refractivity contribution in [3.8, 4) is 0 Å². The van der Waals surface area contributed by atoms with E-state index in [-0.39, 0.29) is 0 Å². The number of aliphatic hydroxyl groups excluding tert-OH is 1. The summed E-state index contributed by atoms with van der Waals surface area (Å²) in [4.78, 5) is 0. The van der Waals surface area contributed by atoms with Crippen LogP contribution in [0.25, 0.3) is 0 Å². The van der Waals surface area contributed by atoms with Crippen LogP contribution >= 0.6 is 0 Å². The van der Waals surface area contributed by atoms with Gasteiger partial charge >= 0.3 is 0 Å². The predicted molar refractivity (Wildman–Crippen MR) is 51.1 cm³/mol. The Balaban J connectivity index is 1.81. The second-order valence-electron chi connectivity index (χ2n) is 3.79. The van der Waals surface area contributed by atoms with Gasteiger partial charge in [0.1, 0.15) is 0 Å². The van der Waals surface area contributed by atoms with Gasteiger partial charge < -0.3 is 10.4 Å². The minimum absolute atomic E-state index is 0.366. The highest BCUT2D eigenvalue weighted by atomic mass is 16.2. The van der Waals surface area contributed by atoms with Crippen molar-refractivity contribution in [3.05, 3.63) is 0 Å². The normalized spacial score (nSPS) is 23.2. The van der Waals surface area contributed by atoms with Gasteiger partial charge in [0, 0.05) is 6.61 Å². The van der Waals surface area contributed by atoms with Crippen molar-refractivity contribution in [2.45, 2.75) is 38.5 Å². The predicted octanol–water partition coefficient (Wildman–Crippen LogP) is 1.54. The van der Waals surface area contributed by atoms with Crippen LogP contribution in [0.3, 0.4) is 0 Å².